The van der Waals surface area contributed by atoms with Gasteiger partial charge >= 0.3 is 11.8 Å². The van der Waals surface area contributed by atoms with E-state index in [9.17, 15) is 9.59 Å². The van der Waals surface area contributed by atoms with Gasteiger partial charge in [-0.3, -0.25) is 14.7 Å². The number of nitrogens with two attached hydrogens (primary N) is 1. The van der Waals surface area contributed by atoms with Crippen molar-refractivity contribution in [1.82, 2.24) is 25.4 Å². The Hall–Kier alpha value is -3.04. The van der Waals surface area contributed by atoms with Crippen molar-refractivity contribution < 1.29 is 9.59 Å². The van der Waals surface area contributed by atoms with E-state index in [0.717, 1.165) is 16.0 Å². The number of benzene rings is 1. The van der Waals surface area contributed by atoms with Crippen LogP contribution in [0.3, 0.4) is 0 Å². The van der Waals surface area contributed by atoms with E-state index in [1.807, 2.05) is 41.8 Å². The van der Waals surface area contributed by atoms with E-state index in [2.05, 4.69) is 20.5 Å². The Morgan fingerprint density at radius 2 is 2.15 bits per heavy atom. The number of carbonyl (C=O) groups excluding carboxylic acids is 2. The molecular weight excluding hydrogens is 364 g/mol. The van der Waals surface area contributed by atoms with Crippen molar-refractivity contribution in [2.75, 3.05) is 6.54 Å². The molecule has 1 aliphatic heterocycles. The Balaban J connectivity index is 1.37. The van der Waals surface area contributed by atoms with E-state index in [0.29, 0.717) is 24.7 Å². The topological polar surface area (TPSA) is 117 Å². The zero-order valence-corrected chi connectivity index (χ0v) is 15.2. The lowest BCUT2D eigenvalue weighted by molar-refractivity contribution is -0.146. The van der Waals surface area contributed by atoms with Gasteiger partial charge in [-0.15, -0.1) is 11.3 Å². The fourth-order valence-electron chi connectivity index (χ4n) is 3.07. The van der Waals surface area contributed by atoms with Crippen LogP contribution in [-0.4, -0.2) is 38.4 Å². The van der Waals surface area contributed by atoms with Crippen molar-refractivity contribution in [1.29, 1.82) is 0 Å². The Kier molecular flexibility index (Phi) is 4.69. The molecular formula is C18H18N6O2S. The third-order valence-electron chi connectivity index (χ3n) is 4.40. The maximum Gasteiger partial charge on any atom is 0.312 e. The molecule has 0 saturated carbocycles. The monoisotopic (exact) mass is 382 g/mol. The fraction of sp³-hybridized carbons (Fsp3) is 0.222. The molecule has 0 aliphatic carbocycles. The van der Waals surface area contributed by atoms with Crippen molar-refractivity contribution in [2.45, 2.75) is 19.1 Å². The van der Waals surface area contributed by atoms with Crippen LogP contribution in [0.25, 0.3) is 10.7 Å². The van der Waals surface area contributed by atoms with E-state index in [-0.39, 0.29) is 12.6 Å². The number of H-pyrrole nitrogens is 1. The molecule has 138 valence electrons. The van der Waals surface area contributed by atoms with Gasteiger partial charge in [-0.25, -0.2) is 4.98 Å². The molecule has 1 unspecified atom stereocenters. The molecule has 1 aromatic carbocycles. The van der Waals surface area contributed by atoms with Crippen molar-refractivity contribution in [3.05, 3.63) is 58.7 Å². The summed E-state index contributed by atoms with van der Waals surface area (Å²) in [7, 11) is 0. The van der Waals surface area contributed by atoms with Crippen LogP contribution in [0.4, 0.5) is 0 Å². The fourth-order valence-corrected chi connectivity index (χ4v) is 3.73. The van der Waals surface area contributed by atoms with E-state index in [1.165, 1.54) is 16.2 Å². The number of nitrogens with one attached hydrogen (secondary N) is 2. The number of fused-ring (bicyclic) bond motifs is 1. The van der Waals surface area contributed by atoms with Gasteiger partial charge in [0.2, 0.25) is 0 Å². The molecule has 0 saturated heterocycles. The Morgan fingerprint density at radius 3 is 2.96 bits per heavy atom. The van der Waals surface area contributed by atoms with Gasteiger partial charge in [0, 0.05) is 19.1 Å². The number of aromatic nitrogens is 3. The van der Waals surface area contributed by atoms with Crippen LogP contribution in [0.5, 0.6) is 0 Å². The first kappa shape index (κ1) is 17.4. The number of thiophene rings is 1. The second-order valence-corrected chi connectivity index (χ2v) is 7.20. The molecule has 0 fully saturated rings. The second-order valence-electron chi connectivity index (χ2n) is 6.26. The van der Waals surface area contributed by atoms with Crippen LogP contribution in [0, 0.1) is 0 Å². The van der Waals surface area contributed by atoms with Gasteiger partial charge in [-0.1, -0.05) is 30.3 Å². The highest BCUT2D eigenvalue weighted by Gasteiger charge is 2.29. The minimum Gasteiger partial charge on any atom is -0.341 e. The highest BCUT2D eigenvalue weighted by Crippen LogP contribution is 2.24. The SMILES string of the molecule is NC1CN(C(=O)C(=O)NCc2nc(-c3cccs3)n[nH]2)Cc2ccccc21. The number of amides is 2. The van der Waals surface area contributed by atoms with Crippen LogP contribution >= 0.6 is 11.3 Å². The molecule has 0 spiro atoms. The van der Waals surface area contributed by atoms with Crippen LogP contribution in [0.1, 0.15) is 23.0 Å². The van der Waals surface area contributed by atoms with E-state index in [4.69, 9.17) is 5.73 Å². The minimum atomic E-state index is -0.685. The highest BCUT2D eigenvalue weighted by atomic mass is 32.1. The summed E-state index contributed by atoms with van der Waals surface area (Å²) >= 11 is 1.53. The van der Waals surface area contributed by atoms with Crippen LogP contribution in [0.15, 0.2) is 41.8 Å². The molecule has 0 radical (unpaired) electrons. The Bertz CT molecular complexity index is 968. The third kappa shape index (κ3) is 3.60. The van der Waals surface area contributed by atoms with Crippen molar-refractivity contribution in [3.63, 3.8) is 0 Å². The van der Waals surface area contributed by atoms with Crippen molar-refractivity contribution >= 4 is 23.2 Å². The van der Waals surface area contributed by atoms with E-state index >= 15 is 0 Å². The standard InChI is InChI=1S/C18H18N6O2S/c19-13-10-24(9-11-4-1-2-5-12(11)13)18(26)17(25)20-8-15-21-16(23-22-15)14-6-3-7-27-14/h1-7,13H,8-10,19H2,(H,20,25)(H,21,22,23). The first-order chi connectivity index (χ1) is 13.1. The van der Waals surface area contributed by atoms with Crippen LogP contribution in [-0.2, 0) is 22.7 Å². The molecule has 2 amide bonds. The predicted octanol–water partition coefficient (Wildman–Crippen LogP) is 1.19. The van der Waals surface area contributed by atoms with Gasteiger partial charge in [-0.2, -0.15) is 5.10 Å². The summed E-state index contributed by atoms with van der Waals surface area (Å²) in [6, 6.07) is 11.2. The summed E-state index contributed by atoms with van der Waals surface area (Å²) in [6.07, 6.45) is 0. The van der Waals surface area contributed by atoms with Crippen molar-refractivity contribution in [3.8, 4) is 10.7 Å². The molecule has 2 aromatic heterocycles. The zero-order valence-electron chi connectivity index (χ0n) is 14.4. The normalized spacial score (nSPS) is 16.0. The summed E-state index contributed by atoms with van der Waals surface area (Å²) in [5.74, 6) is -0.229. The summed E-state index contributed by atoms with van der Waals surface area (Å²) in [5.41, 5.74) is 8.13. The largest absolute Gasteiger partial charge is 0.341 e. The zero-order chi connectivity index (χ0) is 18.8. The molecule has 3 aromatic rings. The molecule has 4 rings (SSSR count). The maximum absolute atomic E-state index is 12.5. The average Bonchev–Trinajstić information content (AvgIpc) is 3.37. The summed E-state index contributed by atoms with van der Waals surface area (Å²) in [5, 5.41) is 11.4. The van der Waals surface area contributed by atoms with E-state index in [1.54, 1.807) is 0 Å². The first-order valence-electron chi connectivity index (χ1n) is 8.47. The lowest BCUT2D eigenvalue weighted by Gasteiger charge is -2.32. The van der Waals surface area contributed by atoms with Gasteiger partial charge in [0.1, 0.15) is 5.82 Å². The lowest BCUT2D eigenvalue weighted by atomic mass is 9.96. The Morgan fingerprint density at radius 1 is 1.30 bits per heavy atom. The highest BCUT2D eigenvalue weighted by molar-refractivity contribution is 7.13. The number of carbonyl (C=O) groups is 2. The molecule has 27 heavy (non-hydrogen) atoms. The molecule has 9 heteroatoms. The molecule has 1 atom stereocenters. The van der Waals surface area contributed by atoms with Gasteiger partial charge < -0.3 is 16.0 Å². The number of hydrogen-bond donors (Lipinski definition) is 3. The lowest BCUT2D eigenvalue weighted by Crippen LogP contribution is -2.47. The Labute approximate surface area is 159 Å². The minimum absolute atomic E-state index is 0.0967. The summed E-state index contributed by atoms with van der Waals surface area (Å²) in [6.45, 7) is 0.786. The van der Waals surface area contributed by atoms with Crippen molar-refractivity contribution in [2.24, 2.45) is 5.73 Å². The predicted molar refractivity (Wildman–Crippen MR) is 100 cm³/mol. The summed E-state index contributed by atoms with van der Waals surface area (Å²) < 4.78 is 0. The number of hydrogen-bond acceptors (Lipinski definition) is 6. The maximum atomic E-state index is 12.5. The smallest absolute Gasteiger partial charge is 0.312 e. The molecule has 1 aliphatic rings. The molecule has 0 bridgehead atoms. The summed E-state index contributed by atoms with van der Waals surface area (Å²) in [4.78, 5) is 31.5. The average molecular weight is 382 g/mol. The first-order valence-corrected chi connectivity index (χ1v) is 9.35. The number of rotatable bonds is 3. The van der Waals surface area contributed by atoms with E-state index < -0.39 is 11.8 Å². The molecule has 8 nitrogen and oxygen atoms in total. The second kappa shape index (κ2) is 7.29. The van der Waals surface area contributed by atoms with Gasteiger partial charge in [-0.05, 0) is 22.6 Å². The van der Waals surface area contributed by atoms with Gasteiger partial charge in [0.05, 0.1) is 11.4 Å². The third-order valence-corrected chi connectivity index (χ3v) is 5.27. The van der Waals surface area contributed by atoms with Gasteiger partial charge in [0.15, 0.2) is 5.82 Å². The number of nitrogens with zero attached hydrogens (tertiary/aromatic N) is 3. The van der Waals surface area contributed by atoms with Crippen LogP contribution in [0.2, 0.25) is 0 Å². The quantitative estimate of drug-likeness (QED) is 0.588. The molecule has 3 heterocycles. The molecule has 4 N–H and O–H groups in total. The number of aromatic amines is 1. The van der Waals surface area contributed by atoms with Gasteiger partial charge in [0.25, 0.3) is 0 Å². The van der Waals surface area contributed by atoms with Crippen LogP contribution < -0.4 is 11.1 Å².